The number of thiazole rings is 1. The third kappa shape index (κ3) is 4.28. The first-order valence-corrected chi connectivity index (χ1v) is 9.51. The van der Waals surface area contributed by atoms with Crippen molar-refractivity contribution in [2.45, 2.75) is 16.5 Å². The fourth-order valence-corrected chi connectivity index (χ4v) is 4.09. The third-order valence-electron chi connectivity index (χ3n) is 3.59. The summed E-state index contributed by atoms with van der Waals surface area (Å²) < 4.78 is 0. The van der Waals surface area contributed by atoms with Crippen molar-refractivity contribution in [2.24, 2.45) is 5.73 Å². The molecule has 0 aliphatic heterocycles. The Labute approximate surface area is 155 Å². The normalized spacial score (nSPS) is 10.7. The minimum atomic E-state index is -0.0134. The van der Waals surface area contributed by atoms with Crippen molar-refractivity contribution in [3.05, 3.63) is 64.5 Å². The second-order valence-corrected chi connectivity index (χ2v) is 7.73. The summed E-state index contributed by atoms with van der Waals surface area (Å²) in [6.45, 7) is 0.444. The second kappa shape index (κ2) is 7.82. The van der Waals surface area contributed by atoms with Gasteiger partial charge in [0.2, 0.25) is 0 Å². The van der Waals surface area contributed by atoms with Gasteiger partial charge in [0.15, 0.2) is 0 Å². The van der Waals surface area contributed by atoms with Crippen LogP contribution in [0.25, 0.3) is 11.1 Å². The summed E-state index contributed by atoms with van der Waals surface area (Å²) in [7, 11) is 3.52. The second-order valence-electron chi connectivity index (χ2n) is 5.70. The van der Waals surface area contributed by atoms with Gasteiger partial charge in [0.05, 0.1) is 0 Å². The van der Waals surface area contributed by atoms with Crippen LogP contribution in [-0.2, 0) is 6.54 Å². The van der Waals surface area contributed by atoms with E-state index in [1.807, 2.05) is 47.8 Å². The highest BCUT2D eigenvalue weighted by molar-refractivity contribution is 7.99. The van der Waals surface area contributed by atoms with Crippen molar-refractivity contribution >= 4 is 29.0 Å². The van der Waals surface area contributed by atoms with E-state index in [0.717, 1.165) is 26.1 Å². The molecule has 0 unspecified atom stereocenters. The maximum Gasteiger partial charge on any atom is 0.253 e. The molecule has 0 fully saturated rings. The molecule has 0 radical (unpaired) electrons. The molecule has 2 aromatic carbocycles. The highest BCUT2D eigenvalue weighted by Gasteiger charge is 2.13. The van der Waals surface area contributed by atoms with Gasteiger partial charge in [-0.3, -0.25) is 4.79 Å². The molecule has 0 atom stereocenters. The van der Waals surface area contributed by atoms with Crippen molar-refractivity contribution < 1.29 is 4.79 Å². The van der Waals surface area contributed by atoms with Crippen LogP contribution in [-0.4, -0.2) is 29.9 Å². The molecule has 3 aromatic rings. The Morgan fingerprint density at radius 1 is 1.16 bits per heavy atom. The van der Waals surface area contributed by atoms with Crippen LogP contribution in [0.1, 0.15) is 15.4 Å². The number of hydrogen-bond acceptors (Lipinski definition) is 5. The predicted octanol–water partition coefficient (Wildman–Crippen LogP) is 4.12. The van der Waals surface area contributed by atoms with Gasteiger partial charge >= 0.3 is 0 Å². The molecular weight excluding hydrogens is 350 g/mol. The van der Waals surface area contributed by atoms with Gasteiger partial charge in [-0.25, -0.2) is 4.98 Å². The number of nitrogens with two attached hydrogens (primary N) is 1. The van der Waals surface area contributed by atoms with E-state index >= 15 is 0 Å². The van der Waals surface area contributed by atoms with Crippen molar-refractivity contribution in [2.75, 3.05) is 14.1 Å². The van der Waals surface area contributed by atoms with Gasteiger partial charge in [-0.2, -0.15) is 0 Å². The fraction of sp³-hybridized carbons (Fsp3) is 0.158. The average molecular weight is 370 g/mol. The molecule has 1 heterocycles. The van der Waals surface area contributed by atoms with Crippen LogP contribution in [0.3, 0.4) is 0 Å². The highest BCUT2D eigenvalue weighted by atomic mass is 32.2. The van der Waals surface area contributed by atoms with E-state index in [-0.39, 0.29) is 5.91 Å². The number of nitrogens with zero attached hydrogens (tertiary/aromatic N) is 2. The third-order valence-corrected chi connectivity index (χ3v) is 5.50. The van der Waals surface area contributed by atoms with Gasteiger partial charge in [0.1, 0.15) is 10.0 Å². The Kier molecular flexibility index (Phi) is 5.53. The SMILES string of the molecule is CN(C)C(=O)c1cc(Sc2csc(CN)n2)cc(-c2ccccc2)c1. The number of aromatic nitrogens is 1. The van der Waals surface area contributed by atoms with Crippen LogP contribution in [0, 0.1) is 0 Å². The molecule has 2 N–H and O–H groups in total. The van der Waals surface area contributed by atoms with E-state index in [1.165, 1.54) is 0 Å². The van der Waals surface area contributed by atoms with Gasteiger partial charge < -0.3 is 10.6 Å². The van der Waals surface area contributed by atoms with Crippen molar-refractivity contribution in [1.82, 2.24) is 9.88 Å². The molecule has 0 saturated carbocycles. The lowest BCUT2D eigenvalue weighted by molar-refractivity contribution is 0.0827. The largest absolute Gasteiger partial charge is 0.345 e. The van der Waals surface area contributed by atoms with E-state index < -0.39 is 0 Å². The van der Waals surface area contributed by atoms with Gasteiger partial charge in [-0.15, -0.1) is 11.3 Å². The Morgan fingerprint density at radius 2 is 1.92 bits per heavy atom. The Hall–Kier alpha value is -2.15. The first-order valence-electron chi connectivity index (χ1n) is 7.81. The molecule has 0 aliphatic rings. The average Bonchev–Trinajstić information content (AvgIpc) is 3.09. The molecule has 128 valence electrons. The zero-order chi connectivity index (χ0) is 17.8. The quantitative estimate of drug-likeness (QED) is 0.735. The topological polar surface area (TPSA) is 59.2 Å². The van der Waals surface area contributed by atoms with Gasteiger partial charge in [0.25, 0.3) is 5.91 Å². The summed E-state index contributed by atoms with van der Waals surface area (Å²) in [5.74, 6) is -0.0134. The van der Waals surface area contributed by atoms with Crippen LogP contribution in [0.15, 0.2) is 63.8 Å². The number of hydrogen-bond donors (Lipinski definition) is 1. The van der Waals surface area contributed by atoms with E-state index in [1.54, 1.807) is 42.1 Å². The molecule has 6 heteroatoms. The minimum absolute atomic E-state index is 0.0134. The highest BCUT2D eigenvalue weighted by Crippen LogP contribution is 2.33. The van der Waals surface area contributed by atoms with Crippen LogP contribution in [0.4, 0.5) is 0 Å². The Bertz CT molecular complexity index is 875. The lowest BCUT2D eigenvalue weighted by Gasteiger charge is -2.13. The number of benzene rings is 2. The smallest absolute Gasteiger partial charge is 0.253 e. The van der Waals surface area contributed by atoms with E-state index in [4.69, 9.17) is 5.73 Å². The van der Waals surface area contributed by atoms with Crippen LogP contribution in [0.2, 0.25) is 0 Å². The fourth-order valence-electron chi connectivity index (χ4n) is 2.39. The summed E-state index contributed by atoms with van der Waals surface area (Å²) in [5, 5.41) is 3.81. The molecule has 4 nitrogen and oxygen atoms in total. The van der Waals surface area contributed by atoms with Gasteiger partial charge in [0, 0.05) is 36.5 Å². The lowest BCUT2D eigenvalue weighted by atomic mass is 10.0. The summed E-state index contributed by atoms with van der Waals surface area (Å²) >= 11 is 3.10. The molecule has 1 amide bonds. The van der Waals surface area contributed by atoms with Crippen molar-refractivity contribution in [3.63, 3.8) is 0 Å². The zero-order valence-corrected chi connectivity index (χ0v) is 15.7. The standard InChI is InChI=1S/C19H19N3OS2/c1-22(2)19(23)15-8-14(13-6-4-3-5-7-13)9-16(10-15)25-18-12-24-17(11-20)21-18/h3-10,12H,11,20H2,1-2H3. The van der Waals surface area contributed by atoms with Crippen LogP contribution >= 0.6 is 23.1 Å². The van der Waals surface area contributed by atoms with Crippen LogP contribution in [0.5, 0.6) is 0 Å². The molecule has 3 rings (SSSR count). The van der Waals surface area contributed by atoms with Gasteiger partial charge in [-0.05, 0) is 29.3 Å². The first-order chi connectivity index (χ1) is 12.1. The number of amides is 1. The Morgan fingerprint density at radius 3 is 2.56 bits per heavy atom. The number of carbonyl (C=O) groups excluding carboxylic acids is 1. The predicted molar refractivity (Wildman–Crippen MR) is 104 cm³/mol. The summed E-state index contributed by atoms with van der Waals surface area (Å²) in [6, 6.07) is 16.0. The molecule has 0 spiro atoms. The lowest BCUT2D eigenvalue weighted by Crippen LogP contribution is -2.21. The van der Waals surface area contributed by atoms with E-state index in [9.17, 15) is 4.79 Å². The molecule has 25 heavy (non-hydrogen) atoms. The van der Waals surface area contributed by atoms with Crippen molar-refractivity contribution in [1.29, 1.82) is 0 Å². The van der Waals surface area contributed by atoms with Gasteiger partial charge in [-0.1, -0.05) is 42.1 Å². The zero-order valence-electron chi connectivity index (χ0n) is 14.1. The summed E-state index contributed by atoms with van der Waals surface area (Å²) in [6.07, 6.45) is 0. The van der Waals surface area contributed by atoms with Crippen molar-refractivity contribution in [3.8, 4) is 11.1 Å². The molecule has 0 saturated heterocycles. The maximum atomic E-state index is 12.5. The molecule has 0 aliphatic carbocycles. The maximum absolute atomic E-state index is 12.5. The number of rotatable bonds is 5. The first kappa shape index (κ1) is 17.7. The minimum Gasteiger partial charge on any atom is -0.345 e. The monoisotopic (exact) mass is 369 g/mol. The van der Waals surface area contributed by atoms with Crippen LogP contribution < -0.4 is 5.73 Å². The summed E-state index contributed by atoms with van der Waals surface area (Å²) in [4.78, 5) is 19.5. The molecule has 0 bridgehead atoms. The number of carbonyl (C=O) groups is 1. The molecular formula is C19H19N3OS2. The van der Waals surface area contributed by atoms with E-state index in [0.29, 0.717) is 12.1 Å². The van der Waals surface area contributed by atoms with E-state index in [2.05, 4.69) is 11.1 Å². The Balaban J connectivity index is 2.01. The molecule has 1 aromatic heterocycles. The summed E-state index contributed by atoms with van der Waals surface area (Å²) in [5.41, 5.74) is 8.41.